The predicted octanol–water partition coefficient (Wildman–Crippen LogP) is 4.41. The number of hydrogen-bond donors (Lipinski definition) is 1. The molecule has 0 amide bonds. The van der Waals surface area contributed by atoms with Gasteiger partial charge in [0.05, 0.1) is 5.02 Å². The Bertz CT molecular complexity index is 542. The van der Waals surface area contributed by atoms with Gasteiger partial charge in [-0.2, -0.15) is 0 Å². The first kappa shape index (κ1) is 15.0. The van der Waals surface area contributed by atoms with Gasteiger partial charge in [-0.1, -0.05) is 48.0 Å². The average Bonchev–Trinajstić information content (AvgIpc) is 2.48. The lowest BCUT2D eigenvalue weighted by Crippen LogP contribution is -2.14. The zero-order valence-corrected chi connectivity index (χ0v) is 12.3. The largest absolute Gasteiger partial charge is 0.320 e. The Balaban J connectivity index is 2.17. The van der Waals surface area contributed by atoms with Crippen molar-refractivity contribution in [1.29, 1.82) is 0 Å². The Hall–Kier alpha value is -1.38. The minimum absolute atomic E-state index is 0.197. The third-order valence-electron chi connectivity index (χ3n) is 3.48. The van der Waals surface area contributed by atoms with E-state index < -0.39 is 0 Å². The van der Waals surface area contributed by atoms with Crippen molar-refractivity contribution in [2.75, 3.05) is 13.6 Å². The first-order chi connectivity index (χ1) is 9.70. The summed E-state index contributed by atoms with van der Waals surface area (Å²) in [5.41, 5.74) is 2.38. The van der Waals surface area contributed by atoms with Gasteiger partial charge in [-0.05, 0) is 55.6 Å². The number of nitrogens with one attached hydrogen (secondary N) is 1. The summed E-state index contributed by atoms with van der Waals surface area (Å²) >= 11 is 5.86. The molecule has 106 valence electrons. The van der Waals surface area contributed by atoms with Crippen LogP contribution in [0.2, 0.25) is 5.02 Å². The molecule has 0 bridgehead atoms. The van der Waals surface area contributed by atoms with Crippen molar-refractivity contribution in [2.24, 2.45) is 0 Å². The van der Waals surface area contributed by atoms with Crippen LogP contribution in [0, 0.1) is 5.82 Å². The van der Waals surface area contributed by atoms with Crippen LogP contribution in [0.25, 0.3) is 0 Å². The number of halogens is 2. The summed E-state index contributed by atoms with van der Waals surface area (Å²) in [5, 5.41) is 3.39. The molecule has 1 atom stereocenters. The molecule has 1 unspecified atom stereocenters. The van der Waals surface area contributed by atoms with Gasteiger partial charge in [0, 0.05) is 0 Å². The molecule has 0 saturated heterocycles. The van der Waals surface area contributed by atoms with Crippen LogP contribution < -0.4 is 5.32 Å². The van der Waals surface area contributed by atoms with Crippen LogP contribution in [-0.2, 0) is 6.42 Å². The SMILES string of the molecule is CNCCC(Cc1ccc(F)c(Cl)c1)c1ccccc1. The highest BCUT2D eigenvalue weighted by molar-refractivity contribution is 6.30. The van der Waals surface area contributed by atoms with Crippen LogP contribution in [0.15, 0.2) is 48.5 Å². The van der Waals surface area contributed by atoms with Crippen LogP contribution in [0.1, 0.15) is 23.5 Å². The van der Waals surface area contributed by atoms with E-state index in [1.807, 2.05) is 19.2 Å². The van der Waals surface area contributed by atoms with Crippen LogP contribution in [0.3, 0.4) is 0 Å². The van der Waals surface area contributed by atoms with E-state index >= 15 is 0 Å². The quantitative estimate of drug-likeness (QED) is 0.831. The topological polar surface area (TPSA) is 12.0 Å². The zero-order valence-electron chi connectivity index (χ0n) is 11.6. The van der Waals surface area contributed by atoms with E-state index in [1.54, 1.807) is 6.07 Å². The molecule has 2 aromatic rings. The summed E-state index contributed by atoms with van der Waals surface area (Å²) in [6.45, 7) is 0.953. The Morgan fingerprint density at radius 2 is 1.90 bits per heavy atom. The molecule has 1 N–H and O–H groups in total. The Labute approximate surface area is 124 Å². The Morgan fingerprint density at radius 3 is 2.55 bits per heavy atom. The number of benzene rings is 2. The van der Waals surface area contributed by atoms with E-state index in [2.05, 4.69) is 29.6 Å². The second kappa shape index (κ2) is 7.41. The molecule has 0 aliphatic carbocycles. The highest BCUT2D eigenvalue weighted by Gasteiger charge is 2.12. The third kappa shape index (κ3) is 4.06. The summed E-state index contributed by atoms with van der Waals surface area (Å²) < 4.78 is 13.2. The molecule has 2 aromatic carbocycles. The normalized spacial score (nSPS) is 12.3. The monoisotopic (exact) mass is 291 g/mol. The maximum Gasteiger partial charge on any atom is 0.141 e. The third-order valence-corrected chi connectivity index (χ3v) is 3.77. The molecule has 0 aliphatic heterocycles. The van der Waals surface area contributed by atoms with Crippen LogP contribution in [0.4, 0.5) is 4.39 Å². The first-order valence-electron chi connectivity index (χ1n) is 6.84. The molecule has 0 radical (unpaired) electrons. The summed E-state index contributed by atoms with van der Waals surface area (Å²) in [7, 11) is 1.96. The van der Waals surface area contributed by atoms with Gasteiger partial charge >= 0.3 is 0 Å². The van der Waals surface area contributed by atoms with Gasteiger partial charge in [-0.15, -0.1) is 0 Å². The second-order valence-corrected chi connectivity index (χ2v) is 5.36. The van der Waals surface area contributed by atoms with E-state index in [4.69, 9.17) is 11.6 Å². The predicted molar refractivity (Wildman–Crippen MR) is 82.8 cm³/mol. The van der Waals surface area contributed by atoms with E-state index in [1.165, 1.54) is 11.6 Å². The van der Waals surface area contributed by atoms with Gasteiger partial charge in [0.25, 0.3) is 0 Å². The fourth-order valence-electron chi connectivity index (χ4n) is 2.38. The highest BCUT2D eigenvalue weighted by Crippen LogP contribution is 2.26. The van der Waals surface area contributed by atoms with Crippen molar-refractivity contribution < 1.29 is 4.39 Å². The molecule has 0 aromatic heterocycles. The number of rotatable bonds is 6. The average molecular weight is 292 g/mol. The summed E-state index contributed by atoms with van der Waals surface area (Å²) in [6, 6.07) is 15.4. The lowest BCUT2D eigenvalue weighted by atomic mass is 9.89. The molecular weight excluding hydrogens is 273 g/mol. The Morgan fingerprint density at radius 1 is 1.15 bits per heavy atom. The summed E-state index contributed by atoms with van der Waals surface area (Å²) in [6.07, 6.45) is 1.90. The van der Waals surface area contributed by atoms with Crippen LogP contribution in [-0.4, -0.2) is 13.6 Å². The van der Waals surface area contributed by atoms with Crippen molar-refractivity contribution in [3.8, 4) is 0 Å². The van der Waals surface area contributed by atoms with Crippen molar-refractivity contribution >= 4 is 11.6 Å². The molecule has 0 saturated carbocycles. The van der Waals surface area contributed by atoms with Crippen molar-refractivity contribution in [1.82, 2.24) is 5.32 Å². The molecule has 20 heavy (non-hydrogen) atoms. The smallest absolute Gasteiger partial charge is 0.141 e. The van der Waals surface area contributed by atoms with Crippen LogP contribution in [0.5, 0.6) is 0 Å². The minimum atomic E-state index is -0.359. The lowest BCUT2D eigenvalue weighted by molar-refractivity contribution is 0.590. The second-order valence-electron chi connectivity index (χ2n) is 4.95. The molecule has 0 heterocycles. The Kier molecular flexibility index (Phi) is 5.57. The highest BCUT2D eigenvalue weighted by atomic mass is 35.5. The fraction of sp³-hybridized carbons (Fsp3) is 0.294. The van der Waals surface area contributed by atoms with E-state index in [-0.39, 0.29) is 10.8 Å². The van der Waals surface area contributed by atoms with Gasteiger partial charge in [0.1, 0.15) is 5.82 Å². The molecule has 3 heteroatoms. The van der Waals surface area contributed by atoms with E-state index in [0.29, 0.717) is 5.92 Å². The van der Waals surface area contributed by atoms with Gasteiger partial charge in [-0.25, -0.2) is 4.39 Å². The molecule has 1 nitrogen and oxygen atoms in total. The van der Waals surface area contributed by atoms with Crippen molar-refractivity contribution in [2.45, 2.75) is 18.8 Å². The maximum absolute atomic E-state index is 13.2. The summed E-state index contributed by atoms with van der Waals surface area (Å²) in [5.74, 6) is 0.0482. The first-order valence-corrected chi connectivity index (χ1v) is 7.22. The van der Waals surface area contributed by atoms with Crippen molar-refractivity contribution in [3.05, 3.63) is 70.5 Å². The van der Waals surface area contributed by atoms with Gasteiger partial charge in [0.15, 0.2) is 0 Å². The van der Waals surface area contributed by atoms with Crippen LogP contribution >= 0.6 is 11.6 Å². The van der Waals surface area contributed by atoms with Gasteiger partial charge in [0.2, 0.25) is 0 Å². The van der Waals surface area contributed by atoms with E-state index in [0.717, 1.165) is 24.9 Å². The molecule has 0 aliphatic rings. The lowest BCUT2D eigenvalue weighted by Gasteiger charge is -2.17. The van der Waals surface area contributed by atoms with Gasteiger partial charge < -0.3 is 5.32 Å². The van der Waals surface area contributed by atoms with Crippen molar-refractivity contribution in [3.63, 3.8) is 0 Å². The van der Waals surface area contributed by atoms with Gasteiger partial charge in [-0.3, -0.25) is 0 Å². The standard InChI is InChI=1S/C17H19ClFN/c1-20-10-9-15(14-5-3-2-4-6-14)11-13-7-8-17(19)16(18)12-13/h2-8,12,15,20H,9-11H2,1H3. The maximum atomic E-state index is 13.2. The molecule has 0 spiro atoms. The van der Waals surface area contributed by atoms with E-state index in [9.17, 15) is 4.39 Å². The minimum Gasteiger partial charge on any atom is -0.320 e. The molecular formula is C17H19ClFN. The number of hydrogen-bond acceptors (Lipinski definition) is 1. The fourth-order valence-corrected chi connectivity index (χ4v) is 2.58. The molecule has 2 rings (SSSR count). The molecule has 0 fully saturated rings. The zero-order chi connectivity index (χ0) is 14.4. The summed E-state index contributed by atoms with van der Waals surface area (Å²) in [4.78, 5) is 0.